The van der Waals surface area contributed by atoms with E-state index >= 15 is 0 Å². The van der Waals surface area contributed by atoms with Crippen LogP contribution in [-0.4, -0.2) is 4.98 Å². The highest BCUT2D eigenvalue weighted by molar-refractivity contribution is 6.36. The lowest BCUT2D eigenvalue weighted by Crippen LogP contribution is -2.10. The van der Waals surface area contributed by atoms with E-state index in [1.54, 1.807) is 30.5 Å². The van der Waals surface area contributed by atoms with Crippen LogP contribution in [0.3, 0.4) is 0 Å². The zero-order chi connectivity index (χ0) is 11.7. The van der Waals surface area contributed by atoms with Crippen molar-refractivity contribution in [2.75, 3.05) is 5.73 Å². The minimum absolute atomic E-state index is 0.156. The lowest BCUT2D eigenvalue weighted by molar-refractivity contribution is 1.25. The number of H-pyrrole nitrogens is 1. The maximum Gasteiger partial charge on any atom is 0.271 e. The second-order valence-electron chi connectivity index (χ2n) is 3.30. The van der Waals surface area contributed by atoms with Crippen molar-refractivity contribution in [1.29, 1.82) is 0 Å². The van der Waals surface area contributed by atoms with Gasteiger partial charge in [-0.2, -0.15) is 0 Å². The lowest BCUT2D eigenvalue weighted by Gasteiger charge is -2.05. The third-order valence-corrected chi connectivity index (χ3v) is 2.72. The number of aromatic nitrogens is 1. The summed E-state index contributed by atoms with van der Waals surface area (Å²) in [7, 11) is 0. The first-order valence-electron chi connectivity index (χ1n) is 4.51. The van der Waals surface area contributed by atoms with E-state index in [1.807, 2.05) is 0 Å². The third-order valence-electron chi connectivity index (χ3n) is 2.17. The Labute approximate surface area is 102 Å². The van der Waals surface area contributed by atoms with Crippen LogP contribution in [0, 0.1) is 0 Å². The molecule has 1 heterocycles. The Bertz CT molecular complexity index is 593. The number of rotatable bonds is 1. The molecule has 0 aliphatic carbocycles. The van der Waals surface area contributed by atoms with E-state index < -0.39 is 0 Å². The fourth-order valence-corrected chi connectivity index (χ4v) is 1.90. The predicted molar refractivity (Wildman–Crippen MR) is 66.9 cm³/mol. The van der Waals surface area contributed by atoms with E-state index in [1.165, 1.54) is 0 Å². The van der Waals surface area contributed by atoms with Crippen LogP contribution in [0.1, 0.15) is 0 Å². The molecule has 1 aromatic heterocycles. The summed E-state index contributed by atoms with van der Waals surface area (Å²) in [6, 6.07) is 6.72. The van der Waals surface area contributed by atoms with Crippen LogP contribution in [0.5, 0.6) is 0 Å². The van der Waals surface area contributed by atoms with Gasteiger partial charge in [-0.25, -0.2) is 0 Å². The highest BCUT2D eigenvalue weighted by Gasteiger charge is 2.05. The van der Waals surface area contributed by atoms with E-state index in [0.29, 0.717) is 10.0 Å². The fourth-order valence-electron chi connectivity index (χ4n) is 1.38. The highest BCUT2D eigenvalue weighted by atomic mass is 35.5. The van der Waals surface area contributed by atoms with Gasteiger partial charge in [-0.3, -0.25) is 4.79 Å². The van der Waals surface area contributed by atoms with Gasteiger partial charge in [0.2, 0.25) is 0 Å². The van der Waals surface area contributed by atoms with Crippen LogP contribution < -0.4 is 11.3 Å². The molecule has 0 saturated carbocycles. The van der Waals surface area contributed by atoms with E-state index in [9.17, 15) is 4.79 Å². The third kappa shape index (κ3) is 2.05. The summed E-state index contributed by atoms with van der Waals surface area (Å²) in [6.45, 7) is 0. The zero-order valence-corrected chi connectivity index (χ0v) is 9.64. The average Bonchev–Trinajstić information content (AvgIpc) is 2.22. The lowest BCUT2D eigenvalue weighted by atomic mass is 10.1. The first kappa shape index (κ1) is 11.0. The second-order valence-corrected chi connectivity index (χ2v) is 4.14. The Kier molecular flexibility index (Phi) is 2.90. The topological polar surface area (TPSA) is 58.9 Å². The molecule has 3 N–H and O–H groups in total. The van der Waals surface area contributed by atoms with Crippen molar-refractivity contribution in [2.45, 2.75) is 0 Å². The van der Waals surface area contributed by atoms with Gasteiger partial charge >= 0.3 is 0 Å². The Morgan fingerprint density at radius 2 is 1.94 bits per heavy atom. The minimum Gasteiger partial charge on any atom is -0.394 e. The Hall–Kier alpha value is -1.45. The summed E-state index contributed by atoms with van der Waals surface area (Å²) in [4.78, 5) is 13.6. The summed E-state index contributed by atoms with van der Waals surface area (Å²) >= 11 is 11.8. The number of nitrogens with two attached hydrogens (primary N) is 1. The van der Waals surface area contributed by atoms with Crippen molar-refractivity contribution in [3.63, 3.8) is 0 Å². The molecule has 5 heteroatoms. The molecule has 16 heavy (non-hydrogen) atoms. The second kappa shape index (κ2) is 4.20. The standard InChI is InChI=1S/C11H8Cl2N2O/c12-7-1-2-8(9(13)4-7)6-3-10(14)11(16)15-5-6/h1-5H,14H2,(H,15,16). The number of hydrogen-bond donors (Lipinski definition) is 2. The molecule has 0 aliphatic rings. The first-order chi connectivity index (χ1) is 7.58. The monoisotopic (exact) mass is 254 g/mol. The maximum atomic E-state index is 11.1. The number of nitrogens with one attached hydrogen (secondary N) is 1. The number of halogens is 2. The summed E-state index contributed by atoms with van der Waals surface area (Å²) in [5.74, 6) is 0. The fraction of sp³-hybridized carbons (Fsp3) is 0. The number of nitrogen functional groups attached to an aromatic ring is 1. The molecule has 0 amide bonds. The molecule has 0 bridgehead atoms. The Balaban J connectivity index is 2.59. The Morgan fingerprint density at radius 1 is 1.19 bits per heavy atom. The molecule has 0 radical (unpaired) electrons. The van der Waals surface area contributed by atoms with Gasteiger partial charge in [0.25, 0.3) is 5.56 Å². The molecule has 82 valence electrons. The van der Waals surface area contributed by atoms with Gasteiger partial charge in [0.15, 0.2) is 0 Å². The van der Waals surface area contributed by atoms with Gasteiger partial charge < -0.3 is 10.7 Å². The molecule has 1 aromatic carbocycles. The summed E-state index contributed by atoms with van der Waals surface area (Å²) in [6.07, 6.45) is 1.56. The molecule has 2 aromatic rings. The molecule has 0 fully saturated rings. The van der Waals surface area contributed by atoms with Crippen LogP contribution >= 0.6 is 23.2 Å². The van der Waals surface area contributed by atoms with E-state index in [0.717, 1.165) is 11.1 Å². The summed E-state index contributed by atoms with van der Waals surface area (Å²) in [5.41, 5.74) is 6.89. The zero-order valence-electron chi connectivity index (χ0n) is 8.13. The molecule has 3 nitrogen and oxygen atoms in total. The first-order valence-corrected chi connectivity index (χ1v) is 5.27. The molecule has 0 aliphatic heterocycles. The predicted octanol–water partition coefficient (Wildman–Crippen LogP) is 2.93. The summed E-state index contributed by atoms with van der Waals surface area (Å²) in [5, 5.41) is 1.07. The highest BCUT2D eigenvalue weighted by Crippen LogP contribution is 2.29. The number of aromatic amines is 1. The van der Waals surface area contributed by atoms with Gasteiger partial charge in [-0.1, -0.05) is 29.3 Å². The number of benzene rings is 1. The molecule has 0 atom stereocenters. The van der Waals surface area contributed by atoms with Gasteiger partial charge in [0, 0.05) is 27.4 Å². The van der Waals surface area contributed by atoms with Crippen LogP contribution in [-0.2, 0) is 0 Å². The van der Waals surface area contributed by atoms with Crippen LogP contribution in [0.2, 0.25) is 10.0 Å². The minimum atomic E-state index is -0.311. The molecular weight excluding hydrogens is 247 g/mol. The average molecular weight is 255 g/mol. The van der Waals surface area contributed by atoms with Crippen molar-refractivity contribution in [3.8, 4) is 11.1 Å². The van der Waals surface area contributed by atoms with Gasteiger partial charge in [-0.05, 0) is 18.2 Å². The Morgan fingerprint density at radius 3 is 2.56 bits per heavy atom. The molecule has 0 spiro atoms. The summed E-state index contributed by atoms with van der Waals surface area (Å²) < 4.78 is 0. The maximum absolute atomic E-state index is 11.1. The van der Waals surface area contributed by atoms with E-state index in [4.69, 9.17) is 28.9 Å². The number of pyridine rings is 1. The van der Waals surface area contributed by atoms with Crippen molar-refractivity contribution >= 4 is 28.9 Å². The largest absolute Gasteiger partial charge is 0.394 e. The normalized spacial score (nSPS) is 10.4. The smallest absolute Gasteiger partial charge is 0.271 e. The van der Waals surface area contributed by atoms with Crippen molar-refractivity contribution < 1.29 is 0 Å². The van der Waals surface area contributed by atoms with Gasteiger partial charge in [0.1, 0.15) is 0 Å². The van der Waals surface area contributed by atoms with Gasteiger partial charge in [-0.15, -0.1) is 0 Å². The molecule has 0 unspecified atom stereocenters. The van der Waals surface area contributed by atoms with E-state index in [2.05, 4.69) is 4.98 Å². The molecule has 2 rings (SSSR count). The van der Waals surface area contributed by atoms with Crippen LogP contribution in [0.15, 0.2) is 35.3 Å². The van der Waals surface area contributed by atoms with Crippen molar-refractivity contribution in [2.24, 2.45) is 0 Å². The van der Waals surface area contributed by atoms with Gasteiger partial charge in [0.05, 0.1) is 5.69 Å². The van der Waals surface area contributed by atoms with Crippen molar-refractivity contribution in [3.05, 3.63) is 50.9 Å². The quantitative estimate of drug-likeness (QED) is 0.822. The van der Waals surface area contributed by atoms with Crippen LogP contribution in [0.25, 0.3) is 11.1 Å². The molecule has 0 saturated heterocycles. The SMILES string of the molecule is Nc1cc(-c2ccc(Cl)cc2Cl)c[nH]c1=O. The van der Waals surface area contributed by atoms with Crippen LogP contribution in [0.4, 0.5) is 5.69 Å². The van der Waals surface area contributed by atoms with E-state index in [-0.39, 0.29) is 11.2 Å². The van der Waals surface area contributed by atoms with Crippen molar-refractivity contribution in [1.82, 2.24) is 4.98 Å². The number of anilines is 1. The number of hydrogen-bond acceptors (Lipinski definition) is 2. The molecular formula is C11H8Cl2N2O.